The Morgan fingerprint density at radius 3 is 2.59 bits per heavy atom. The molecule has 1 aromatic carbocycles. The number of esters is 1. The van der Waals surface area contributed by atoms with E-state index in [1.807, 2.05) is 37.3 Å². The summed E-state index contributed by atoms with van der Waals surface area (Å²) >= 11 is 0. The minimum Gasteiger partial charge on any atom is -0.452 e. The van der Waals surface area contributed by atoms with Gasteiger partial charge in [-0.1, -0.05) is 30.3 Å². The quantitative estimate of drug-likeness (QED) is 0.761. The average molecular weight is 301 g/mol. The molecule has 116 valence electrons. The Morgan fingerprint density at radius 1 is 1.27 bits per heavy atom. The van der Waals surface area contributed by atoms with Crippen molar-refractivity contribution >= 4 is 11.9 Å². The number of nitrogens with zero attached hydrogens (tertiary/aromatic N) is 3. The number of amides is 1. The Kier molecular flexibility index (Phi) is 5.30. The SMILES string of the molecule is CCN(Cc1ccccc1)C(=O)COC(=O)c1cnn(C)c1. The summed E-state index contributed by atoms with van der Waals surface area (Å²) in [5.41, 5.74) is 1.37. The summed E-state index contributed by atoms with van der Waals surface area (Å²) in [4.78, 5) is 25.6. The van der Waals surface area contributed by atoms with Gasteiger partial charge < -0.3 is 9.64 Å². The van der Waals surface area contributed by atoms with Gasteiger partial charge >= 0.3 is 5.97 Å². The van der Waals surface area contributed by atoms with Gasteiger partial charge in [0.25, 0.3) is 5.91 Å². The number of aryl methyl sites for hydroxylation is 1. The first kappa shape index (κ1) is 15.8. The average Bonchev–Trinajstić information content (AvgIpc) is 2.97. The van der Waals surface area contributed by atoms with E-state index in [4.69, 9.17) is 4.74 Å². The molecule has 22 heavy (non-hydrogen) atoms. The summed E-state index contributed by atoms with van der Waals surface area (Å²) in [7, 11) is 1.71. The van der Waals surface area contributed by atoms with Crippen molar-refractivity contribution in [3.63, 3.8) is 0 Å². The standard InChI is InChI=1S/C16H19N3O3/c1-3-19(10-13-7-5-4-6-8-13)15(20)12-22-16(21)14-9-17-18(2)11-14/h4-9,11H,3,10,12H2,1-2H3. The highest BCUT2D eigenvalue weighted by atomic mass is 16.5. The van der Waals surface area contributed by atoms with Crippen molar-refractivity contribution in [1.29, 1.82) is 0 Å². The third-order valence-electron chi connectivity index (χ3n) is 3.22. The summed E-state index contributed by atoms with van der Waals surface area (Å²) in [5, 5.41) is 3.89. The number of likely N-dealkylation sites (N-methyl/N-ethyl adjacent to an activating group) is 1. The van der Waals surface area contributed by atoms with Crippen LogP contribution in [0.1, 0.15) is 22.8 Å². The van der Waals surface area contributed by atoms with E-state index in [-0.39, 0.29) is 12.5 Å². The number of aromatic nitrogens is 2. The monoisotopic (exact) mass is 301 g/mol. The van der Waals surface area contributed by atoms with E-state index in [1.165, 1.54) is 10.9 Å². The lowest BCUT2D eigenvalue weighted by Crippen LogP contribution is -2.34. The molecule has 6 nitrogen and oxygen atoms in total. The van der Waals surface area contributed by atoms with Gasteiger partial charge in [0.05, 0.1) is 11.8 Å². The first-order valence-electron chi connectivity index (χ1n) is 7.07. The van der Waals surface area contributed by atoms with Crippen molar-refractivity contribution in [2.24, 2.45) is 7.05 Å². The second-order valence-corrected chi connectivity index (χ2v) is 4.87. The fourth-order valence-electron chi connectivity index (χ4n) is 2.01. The number of benzene rings is 1. The molecule has 0 aliphatic rings. The Bertz CT molecular complexity index is 637. The summed E-state index contributed by atoms with van der Waals surface area (Å²) in [6.45, 7) is 2.68. The third kappa shape index (κ3) is 4.18. The van der Waals surface area contributed by atoms with Crippen molar-refractivity contribution in [1.82, 2.24) is 14.7 Å². The molecule has 0 radical (unpaired) electrons. The van der Waals surface area contributed by atoms with Gasteiger partial charge in [-0.05, 0) is 12.5 Å². The molecular formula is C16H19N3O3. The molecule has 2 aromatic rings. The number of carbonyl (C=O) groups is 2. The van der Waals surface area contributed by atoms with Gasteiger partial charge in [-0.3, -0.25) is 9.48 Å². The second-order valence-electron chi connectivity index (χ2n) is 4.87. The molecule has 1 aromatic heterocycles. The highest BCUT2D eigenvalue weighted by Crippen LogP contribution is 2.06. The molecule has 0 saturated carbocycles. The van der Waals surface area contributed by atoms with Crippen molar-refractivity contribution in [3.8, 4) is 0 Å². The van der Waals surface area contributed by atoms with Crippen LogP contribution in [0.4, 0.5) is 0 Å². The van der Waals surface area contributed by atoms with Crippen LogP contribution < -0.4 is 0 Å². The zero-order chi connectivity index (χ0) is 15.9. The normalized spacial score (nSPS) is 10.3. The maximum Gasteiger partial charge on any atom is 0.341 e. The maximum absolute atomic E-state index is 12.1. The lowest BCUT2D eigenvalue weighted by molar-refractivity contribution is -0.134. The largest absolute Gasteiger partial charge is 0.452 e. The maximum atomic E-state index is 12.1. The van der Waals surface area contributed by atoms with E-state index in [1.54, 1.807) is 18.1 Å². The molecule has 0 spiro atoms. The first-order valence-corrected chi connectivity index (χ1v) is 7.07. The molecule has 0 atom stereocenters. The number of ether oxygens (including phenoxy) is 1. The number of hydrogen-bond acceptors (Lipinski definition) is 4. The fourth-order valence-corrected chi connectivity index (χ4v) is 2.01. The van der Waals surface area contributed by atoms with Gasteiger partial charge in [-0.2, -0.15) is 5.10 Å². The minimum atomic E-state index is -0.544. The van der Waals surface area contributed by atoms with E-state index in [0.29, 0.717) is 18.7 Å². The van der Waals surface area contributed by atoms with Crippen molar-refractivity contribution in [2.75, 3.05) is 13.2 Å². The van der Waals surface area contributed by atoms with Crippen LogP contribution in [-0.2, 0) is 23.1 Å². The topological polar surface area (TPSA) is 64.4 Å². The van der Waals surface area contributed by atoms with Crippen LogP contribution in [0.25, 0.3) is 0 Å². The van der Waals surface area contributed by atoms with Crippen LogP contribution in [0.15, 0.2) is 42.7 Å². The number of hydrogen-bond donors (Lipinski definition) is 0. The molecule has 0 N–H and O–H groups in total. The van der Waals surface area contributed by atoms with Crippen LogP contribution in [0, 0.1) is 0 Å². The molecule has 0 aliphatic heterocycles. The summed E-state index contributed by atoms with van der Waals surface area (Å²) in [6.07, 6.45) is 2.96. The molecule has 0 aliphatic carbocycles. The van der Waals surface area contributed by atoms with Gasteiger partial charge in [-0.15, -0.1) is 0 Å². The van der Waals surface area contributed by atoms with E-state index < -0.39 is 5.97 Å². The highest BCUT2D eigenvalue weighted by Gasteiger charge is 2.16. The highest BCUT2D eigenvalue weighted by molar-refractivity contribution is 5.90. The molecule has 6 heteroatoms. The molecule has 0 saturated heterocycles. The third-order valence-corrected chi connectivity index (χ3v) is 3.22. The van der Waals surface area contributed by atoms with Crippen molar-refractivity contribution < 1.29 is 14.3 Å². The van der Waals surface area contributed by atoms with Crippen LogP contribution >= 0.6 is 0 Å². The van der Waals surface area contributed by atoms with Gasteiger partial charge in [0.15, 0.2) is 6.61 Å². The van der Waals surface area contributed by atoms with E-state index in [0.717, 1.165) is 5.56 Å². The number of carbonyl (C=O) groups excluding carboxylic acids is 2. The van der Waals surface area contributed by atoms with Crippen LogP contribution in [0.3, 0.4) is 0 Å². The van der Waals surface area contributed by atoms with E-state index >= 15 is 0 Å². The zero-order valence-electron chi connectivity index (χ0n) is 12.7. The smallest absolute Gasteiger partial charge is 0.341 e. The molecule has 0 unspecified atom stereocenters. The van der Waals surface area contributed by atoms with Crippen molar-refractivity contribution in [3.05, 3.63) is 53.9 Å². The van der Waals surface area contributed by atoms with Gasteiger partial charge in [0.1, 0.15) is 0 Å². The van der Waals surface area contributed by atoms with Crippen LogP contribution in [-0.4, -0.2) is 39.7 Å². The zero-order valence-corrected chi connectivity index (χ0v) is 12.7. The molecule has 0 bridgehead atoms. The second kappa shape index (κ2) is 7.40. The Hall–Kier alpha value is -2.63. The van der Waals surface area contributed by atoms with Gasteiger partial charge in [-0.25, -0.2) is 4.79 Å². The summed E-state index contributed by atoms with van der Waals surface area (Å²) in [5.74, 6) is -0.763. The lowest BCUT2D eigenvalue weighted by atomic mass is 10.2. The Balaban J connectivity index is 1.88. The van der Waals surface area contributed by atoms with Crippen LogP contribution in [0.5, 0.6) is 0 Å². The minimum absolute atomic E-state index is 0.219. The number of rotatable bonds is 6. The molecule has 1 amide bonds. The van der Waals surface area contributed by atoms with E-state index in [2.05, 4.69) is 5.10 Å². The van der Waals surface area contributed by atoms with Gasteiger partial charge in [0, 0.05) is 26.3 Å². The first-order chi connectivity index (χ1) is 10.6. The Morgan fingerprint density at radius 2 is 2.00 bits per heavy atom. The van der Waals surface area contributed by atoms with Crippen LogP contribution in [0.2, 0.25) is 0 Å². The lowest BCUT2D eigenvalue weighted by Gasteiger charge is -2.20. The van der Waals surface area contributed by atoms with E-state index in [9.17, 15) is 9.59 Å². The van der Waals surface area contributed by atoms with Gasteiger partial charge in [0.2, 0.25) is 0 Å². The molecule has 1 heterocycles. The van der Waals surface area contributed by atoms with Crippen molar-refractivity contribution in [2.45, 2.75) is 13.5 Å². The summed E-state index contributed by atoms with van der Waals surface area (Å²) in [6, 6.07) is 9.69. The predicted octanol–water partition coefficient (Wildman–Crippen LogP) is 1.63. The Labute approximate surface area is 129 Å². The summed E-state index contributed by atoms with van der Waals surface area (Å²) < 4.78 is 6.55. The fraction of sp³-hybridized carbons (Fsp3) is 0.312. The molecule has 0 fully saturated rings. The molecular weight excluding hydrogens is 282 g/mol. The molecule has 2 rings (SSSR count). The predicted molar refractivity (Wildman–Crippen MR) is 81.0 cm³/mol.